The van der Waals surface area contributed by atoms with Gasteiger partial charge < -0.3 is 15.0 Å². The normalized spacial score (nSPS) is 16.8. The van der Waals surface area contributed by atoms with Gasteiger partial charge in [-0.25, -0.2) is 0 Å². The van der Waals surface area contributed by atoms with E-state index in [4.69, 9.17) is 9.84 Å². The van der Waals surface area contributed by atoms with Crippen LogP contribution in [0.25, 0.3) is 5.65 Å². The number of rotatable bonds is 6. The predicted molar refractivity (Wildman–Crippen MR) is 115 cm³/mol. The van der Waals surface area contributed by atoms with E-state index >= 15 is 0 Å². The van der Waals surface area contributed by atoms with Crippen LogP contribution in [-0.4, -0.2) is 45.9 Å². The van der Waals surface area contributed by atoms with Crippen LogP contribution in [0.15, 0.2) is 36.4 Å². The summed E-state index contributed by atoms with van der Waals surface area (Å²) in [4.78, 5) is 15.0. The number of fused-ring (bicyclic) bond motifs is 1. The van der Waals surface area contributed by atoms with Gasteiger partial charge >= 0.3 is 0 Å². The molecular weight excluding hydrogens is 380 g/mol. The zero-order valence-electron chi connectivity index (χ0n) is 17.7. The molecule has 1 aliphatic heterocycles. The van der Waals surface area contributed by atoms with Gasteiger partial charge in [0.15, 0.2) is 11.5 Å². The average molecular weight is 409 g/mol. The minimum Gasteiger partial charge on any atom is -0.496 e. The van der Waals surface area contributed by atoms with Crippen LogP contribution in [0.5, 0.6) is 5.75 Å². The third-order valence-electron chi connectivity index (χ3n) is 5.55. The molecule has 1 amide bonds. The molecule has 0 bridgehead atoms. The van der Waals surface area contributed by atoms with Crippen LogP contribution >= 0.6 is 0 Å². The van der Waals surface area contributed by atoms with Gasteiger partial charge in [-0.3, -0.25) is 4.79 Å². The molecule has 8 nitrogen and oxygen atoms in total. The summed E-state index contributed by atoms with van der Waals surface area (Å²) in [5, 5.41) is 16.3. The monoisotopic (exact) mass is 408 g/mol. The van der Waals surface area contributed by atoms with Crippen molar-refractivity contribution in [2.75, 3.05) is 25.1 Å². The Morgan fingerprint density at radius 3 is 2.87 bits per heavy atom. The maximum Gasteiger partial charge on any atom is 0.225 e. The topological polar surface area (TPSA) is 84.6 Å². The molecule has 3 heterocycles. The number of hydrogen-bond donors (Lipinski definition) is 1. The number of ether oxygens (including phenoxy) is 1. The van der Waals surface area contributed by atoms with Crippen LogP contribution in [0.4, 0.5) is 5.82 Å². The number of aromatic nitrogens is 4. The van der Waals surface area contributed by atoms with E-state index in [1.165, 1.54) is 0 Å². The third-order valence-corrected chi connectivity index (χ3v) is 5.55. The molecule has 1 aliphatic rings. The summed E-state index contributed by atoms with van der Waals surface area (Å²) < 4.78 is 7.18. The van der Waals surface area contributed by atoms with E-state index in [-0.39, 0.29) is 17.7 Å². The van der Waals surface area contributed by atoms with E-state index in [0.717, 1.165) is 48.0 Å². The molecule has 30 heavy (non-hydrogen) atoms. The van der Waals surface area contributed by atoms with Crippen molar-refractivity contribution in [3.05, 3.63) is 47.8 Å². The van der Waals surface area contributed by atoms with Crippen LogP contribution in [0.2, 0.25) is 0 Å². The van der Waals surface area contributed by atoms with Gasteiger partial charge in [0.25, 0.3) is 0 Å². The minimum atomic E-state index is -0.0727. The number of carbonyl (C=O) groups excluding carboxylic acids is 1. The molecule has 0 saturated carbocycles. The summed E-state index contributed by atoms with van der Waals surface area (Å²) in [6.45, 7) is 6.15. The van der Waals surface area contributed by atoms with E-state index in [9.17, 15) is 4.79 Å². The zero-order chi connectivity index (χ0) is 21.1. The van der Waals surface area contributed by atoms with Gasteiger partial charge in [0, 0.05) is 31.1 Å². The fourth-order valence-electron chi connectivity index (χ4n) is 3.90. The van der Waals surface area contributed by atoms with Crippen molar-refractivity contribution in [2.24, 2.45) is 5.92 Å². The van der Waals surface area contributed by atoms with E-state index < -0.39 is 0 Å². The van der Waals surface area contributed by atoms with Crippen LogP contribution in [-0.2, 0) is 11.3 Å². The number of amides is 1. The number of carbonyl (C=O) groups is 1. The lowest BCUT2D eigenvalue weighted by Gasteiger charge is -2.32. The van der Waals surface area contributed by atoms with E-state index in [2.05, 4.69) is 34.3 Å². The van der Waals surface area contributed by atoms with Crippen molar-refractivity contribution in [1.82, 2.24) is 25.1 Å². The van der Waals surface area contributed by atoms with E-state index in [1.54, 1.807) is 7.11 Å². The molecule has 158 valence electrons. The molecule has 0 spiro atoms. The number of hydrogen-bond acceptors (Lipinski definition) is 6. The maximum atomic E-state index is 12.8. The van der Waals surface area contributed by atoms with Gasteiger partial charge in [-0.15, -0.1) is 15.3 Å². The smallest absolute Gasteiger partial charge is 0.225 e. The van der Waals surface area contributed by atoms with Crippen LogP contribution in [0.3, 0.4) is 0 Å². The Hall–Kier alpha value is -3.16. The van der Waals surface area contributed by atoms with Crippen LogP contribution in [0.1, 0.15) is 44.0 Å². The van der Waals surface area contributed by atoms with Crippen molar-refractivity contribution < 1.29 is 9.53 Å². The summed E-state index contributed by atoms with van der Waals surface area (Å²) in [5.41, 5.74) is 1.72. The first-order chi connectivity index (χ1) is 14.6. The molecule has 0 unspecified atom stereocenters. The number of nitrogens with zero attached hydrogens (tertiary/aromatic N) is 5. The Labute approximate surface area is 176 Å². The number of methoxy groups -OCH3 is 1. The first kappa shape index (κ1) is 20.1. The third kappa shape index (κ3) is 4.08. The van der Waals surface area contributed by atoms with Gasteiger partial charge in [-0.1, -0.05) is 32.0 Å². The first-order valence-corrected chi connectivity index (χ1v) is 10.4. The molecule has 2 aromatic heterocycles. The first-order valence-electron chi connectivity index (χ1n) is 10.4. The summed E-state index contributed by atoms with van der Waals surface area (Å²) in [7, 11) is 1.64. The number of benzene rings is 1. The quantitative estimate of drug-likeness (QED) is 0.675. The van der Waals surface area contributed by atoms with E-state index in [1.807, 2.05) is 40.9 Å². The molecule has 0 aliphatic carbocycles. The second-order valence-corrected chi connectivity index (χ2v) is 7.99. The molecule has 0 radical (unpaired) electrons. The minimum absolute atomic E-state index is 0.0684. The lowest BCUT2D eigenvalue weighted by molar-refractivity contribution is -0.125. The fraction of sp³-hybridized carbons (Fsp3) is 0.455. The molecule has 3 aromatic rings. The van der Waals surface area contributed by atoms with Crippen LogP contribution < -0.4 is 15.0 Å². The van der Waals surface area contributed by atoms with Gasteiger partial charge in [-0.2, -0.15) is 4.52 Å². The molecule has 1 aromatic carbocycles. The zero-order valence-corrected chi connectivity index (χ0v) is 17.7. The van der Waals surface area contributed by atoms with E-state index in [0.29, 0.717) is 13.1 Å². The molecule has 8 heteroatoms. The number of anilines is 1. The lowest BCUT2D eigenvalue weighted by atomic mass is 9.97. The van der Waals surface area contributed by atoms with Gasteiger partial charge in [0.1, 0.15) is 11.6 Å². The maximum absolute atomic E-state index is 12.8. The summed E-state index contributed by atoms with van der Waals surface area (Å²) in [6.07, 6.45) is 1.83. The van der Waals surface area contributed by atoms with Crippen LogP contribution in [0, 0.1) is 5.92 Å². The molecular formula is C22H28N6O2. The predicted octanol–water partition coefficient (Wildman–Crippen LogP) is 2.79. The second kappa shape index (κ2) is 8.69. The Morgan fingerprint density at radius 2 is 2.07 bits per heavy atom. The van der Waals surface area contributed by atoms with Crippen molar-refractivity contribution in [1.29, 1.82) is 0 Å². The lowest BCUT2D eigenvalue weighted by Crippen LogP contribution is -2.43. The Morgan fingerprint density at radius 1 is 1.23 bits per heavy atom. The molecule has 1 saturated heterocycles. The number of nitrogens with one attached hydrogen (secondary N) is 1. The summed E-state index contributed by atoms with van der Waals surface area (Å²) in [6, 6.07) is 11.6. The second-order valence-electron chi connectivity index (χ2n) is 7.99. The number of para-hydroxylation sites is 1. The summed E-state index contributed by atoms with van der Waals surface area (Å²) in [5.74, 6) is 2.71. The largest absolute Gasteiger partial charge is 0.496 e. The highest BCUT2D eigenvalue weighted by Crippen LogP contribution is 2.23. The molecule has 4 rings (SSSR count). The molecule has 1 N–H and O–H groups in total. The average Bonchev–Trinajstić information content (AvgIpc) is 3.21. The Balaban J connectivity index is 1.44. The van der Waals surface area contributed by atoms with Crippen molar-refractivity contribution in [3.8, 4) is 5.75 Å². The van der Waals surface area contributed by atoms with Gasteiger partial charge in [0.2, 0.25) is 5.91 Å². The summed E-state index contributed by atoms with van der Waals surface area (Å²) >= 11 is 0. The van der Waals surface area contributed by atoms with Gasteiger partial charge in [-0.05, 0) is 31.0 Å². The highest BCUT2D eigenvalue weighted by atomic mass is 16.5. The highest BCUT2D eigenvalue weighted by molar-refractivity contribution is 5.79. The fourth-order valence-corrected chi connectivity index (χ4v) is 3.90. The molecule has 1 atom stereocenters. The Kier molecular flexibility index (Phi) is 5.83. The van der Waals surface area contributed by atoms with Crippen molar-refractivity contribution in [2.45, 2.75) is 39.2 Å². The van der Waals surface area contributed by atoms with Gasteiger partial charge in [0.05, 0.1) is 13.0 Å². The highest BCUT2D eigenvalue weighted by Gasteiger charge is 2.27. The Bertz CT molecular complexity index is 1030. The number of piperidine rings is 1. The SMILES string of the molecule is COc1ccccc1CNC(=O)[C@@H]1CCCN(c2ccc3nnc(C(C)C)n3n2)C1. The molecule has 1 fully saturated rings. The van der Waals surface area contributed by atoms with Crippen molar-refractivity contribution in [3.63, 3.8) is 0 Å². The standard InChI is InChI=1S/C22H28N6O2/c1-15(2)21-25-24-19-10-11-20(26-28(19)21)27-12-6-8-17(14-27)22(29)23-13-16-7-4-5-9-18(16)30-3/h4-5,7,9-11,15,17H,6,8,12-14H2,1-3H3,(H,23,29)/t17-/m1/s1. The van der Waals surface area contributed by atoms with Crippen molar-refractivity contribution >= 4 is 17.4 Å².